The third-order valence-corrected chi connectivity index (χ3v) is 10.8. The van der Waals surface area contributed by atoms with Gasteiger partial charge in [0.25, 0.3) is 0 Å². The molecule has 0 radical (unpaired) electrons. The number of para-hydroxylation sites is 1. The minimum absolute atomic E-state index is 0.0227. The minimum Gasteiger partial charge on any atom is -0.480 e. The first kappa shape index (κ1) is 52.4. The molecular weight excluding hydrogens is 848 g/mol. The Balaban J connectivity index is 0.00000143. The normalized spacial score (nSPS) is 18.0. The standard InChI is InChI=1S/C39H61N11O7.C2HF3O2/c1-23(2)20-29(47-34(52)31-14-8-18-49(31)36(54)26(41)11-7-17-44-39(42)43)33(51)46-28(13-5-6-16-40)37(55)50-19-9-15-32(50)35(53)48-30(38(56)57)21-24-22-45-27-12-4-3-10-25(24)27;3-2(4,5)1(6)7/h3-4,10,12,22-23,26,28-32,45H,5-9,11,13-21,40-41H2,1-2H3,(H,46,51)(H,47,52)(H,48,53)(H,56,57)(H4,42,43,44);(H,6,7)/t26-,28-,29-,30?,31?,32-;/m0./s1. The molecule has 0 aliphatic carbocycles. The number of H-pyrrole nitrogens is 1. The third-order valence-electron chi connectivity index (χ3n) is 10.8. The lowest BCUT2D eigenvalue weighted by molar-refractivity contribution is -0.192. The number of halogens is 3. The number of benzene rings is 1. The highest BCUT2D eigenvalue weighted by atomic mass is 19.4. The van der Waals surface area contributed by atoms with Crippen molar-refractivity contribution >= 4 is 58.3 Å². The molecule has 20 nitrogen and oxygen atoms in total. The fraction of sp³-hybridized carbons (Fsp3) is 0.610. The number of nitrogens with one attached hydrogen (secondary N) is 4. The van der Waals surface area contributed by atoms with Crippen LogP contribution in [-0.4, -0.2) is 141 Å². The molecule has 2 aliphatic rings. The molecule has 4 rings (SSSR count). The molecule has 356 valence electrons. The maximum Gasteiger partial charge on any atom is 0.490 e. The average molecular weight is 910 g/mol. The van der Waals surface area contributed by atoms with Gasteiger partial charge in [-0.05, 0) is 88.3 Å². The van der Waals surface area contributed by atoms with Crippen molar-refractivity contribution in [3.05, 3.63) is 36.0 Å². The lowest BCUT2D eigenvalue weighted by Gasteiger charge is -2.31. The van der Waals surface area contributed by atoms with Crippen LogP contribution in [0.4, 0.5) is 13.2 Å². The van der Waals surface area contributed by atoms with E-state index >= 15 is 0 Å². The molecule has 5 amide bonds. The zero-order valence-corrected chi connectivity index (χ0v) is 36.1. The van der Waals surface area contributed by atoms with Crippen molar-refractivity contribution in [1.29, 1.82) is 0 Å². The lowest BCUT2D eigenvalue weighted by atomic mass is 10.0. The first-order valence-electron chi connectivity index (χ1n) is 21.3. The molecule has 2 saturated heterocycles. The van der Waals surface area contributed by atoms with Crippen molar-refractivity contribution in [3.8, 4) is 0 Å². The molecule has 3 heterocycles. The van der Waals surface area contributed by atoms with Crippen LogP contribution in [0.1, 0.15) is 83.6 Å². The van der Waals surface area contributed by atoms with E-state index in [9.17, 15) is 47.0 Å². The van der Waals surface area contributed by atoms with Gasteiger partial charge in [0.1, 0.15) is 30.2 Å². The van der Waals surface area contributed by atoms with Gasteiger partial charge in [0.05, 0.1) is 6.04 Å². The molecule has 0 saturated carbocycles. The van der Waals surface area contributed by atoms with Crippen molar-refractivity contribution in [1.82, 2.24) is 30.7 Å². The van der Waals surface area contributed by atoms with E-state index in [0.717, 1.165) is 16.5 Å². The molecular formula is C41H62F3N11O9. The second-order valence-electron chi connectivity index (χ2n) is 16.2. The van der Waals surface area contributed by atoms with E-state index in [-0.39, 0.29) is 43.6 Å². The smallest absolute Gasteiger partial charge is 0.480 e. The summed E-state index contributed by atoms with van der Waals surface area (Å²) < 4.78 is 31.7. The minimum atomic E-state index is -5.08. The third kappa shape index (κ3) is 15.7. The number of amides is 5. The summed E-state index contributed by atoms with van der Waals surface area (Å²) in [6.45, 7) is 5.09. The summed E-state index contributed by atoms with van der Waals surface area (Å²) in [5.41, 5.74) is 24.3. The number of carboxylic acid groups (broad SMARTS) is 2. The van der Waals surface area contributed by atoms with Crippen molar-refractivity contribution in [2.24, 2.45) is 33.8 Å². The van der Waals surface area contributed by atoms with E-state index in [0.29, 0.717) is 71.0 Å². The molecule has 1 aromatic heterocycles. The Morgan fingerprint density at radius 3 is 1.97 bits per heavy atom. The Labute approximate surface area is 368 Å². The van der Waals surface area contributed by atoms with E-state index < -0.39 is 78.0 Å². The summed E-state index contributed by atoms with van der Waals surface area (Å²) in [4.78, 5) is 100. The van der Waals surface area contributed by atoms with Crippen LogP contribution in [0.5, 0.6) is 0 Å². The topological polar surface area (TPSA) is 335 Å². The van der Waals surface area contributed by atoms with Gasteiger partial charge >= 0.3 is 18.1 Å². The fourth-order valence-electron chi connectivity index (χ4n) is 7.64. The van der Waals surface area contributed by atoms with Crippen LogP contribution in [-0.2, 0) is 40.0 Å². The number of carbonyl (C=O) groups excluding carboxylic acids is 5. The van der Waals surface area contributed by atoms with Crippen LogP contribution in [0.3, 0.4) is 0 Å². The van der Waals surface area contributed by atoms with Crippen LogP contribution in [0.15, 0.2) is 35.5 Å². The Morgan fingerprint density at radius 2 is 1.42 bits per heavy atom. The Hall–Kier alpha value is -5.97. The molecule has 2 aromatic rings. The summed E-state index contributed by atoms with van der Waals surface area (Å²) in [5, 5.41) is 26.4. The number of aliphatic carboxylic acids is 2. The fourth-order valence-corrected chi connectivity index (χ4v) is 7.64. The van der Waals surface area contributed by atoms with Gasteiger partial charge in [-0.15, -0.1) is 0 Å². The van der Waals surface area contributed by atoms with Crippen LogP contribution in [0, 0.1) is 5.92 Å². The second kappa shape index (κ2) is 24.8. The molecule has 23 heteroatoms. The largest absolute Gasteiger partial charge is 0.490 e. The monoisotopic (exact) mass is 909 g/mol. The van der Waals surface area contributed by atoms with Crippen molar-refractivity contribution in [2.75, 3.05) is 26.2 Å². The first-order valence-corrected chi connectivity index (χ1v) is 21.3. The number of aliphatic imine (C=N–C) groups is 1. The molecule has 2 unspecified atom stereocenters. The number of guanidine groups is 1. The molecule has 1 aromatic carbocycles. The van der Waals surface area contributed by atoms with Crippen LogP contribution in [0.2, 0.25) is 0 Å². The number of aromatic nitrogens is 1. The molecule has 0 spiro atoms. The number of likely N-dealkylation sites (tertiary alicyclic amines) is 2. The van der Waals surface area contributed by atoms with Crippen molar-refractivity contribution in [3.63, 3.8) is 0 Å². The lowest BCUT2D eigenvalue weighted by Crippen LogP contribution is -2.59. The summed E-state index contributed by atoms with van der Waals surface area (Å²) in [6, 6.07) is 1.56. The number of hydrogen-bond donors (Lipinski definition) is 10. The maximum atomic E-state index is 14.2. The molecule has 64 heavy (non-hydrogen) atoms. The number of rotatable bonds is 21. The van der Waals surface area contributed by atoms with Crippen molar-refractivity contribution in [2.45, 2.75) is 127 Å². The van der Waals surface area contributed by atoms with Gasteiger partial charge in [0.15, 0.2) is 5.96 Å². The average Bonchev–Trinajstić information content (AvgIpc) is 4.01. The predicted octanol–water partition coefficient (Wildman–Crippen LogP) is 0.421. The number of nitrogens with zero attached hydrogens (tertiary/aromatic N) is 3. The maximum absolute atomic E-state index is 14.2. The van der Waals surface area contributed by atoms with Crippen LogP contribution in [0.25, 0.3) is 10.9 Å². The summed E-state index contributed by atoms with van der Waals surface area (Å²) >= 11 is 0. The number of carboxylic acids is 2. The number of carbonyl (C=O) groups is 7. The summed E-state index contributed by atoms with van der Waals surface area (Å²) in [7, 11) is 0. The highest BCUT2D eigenvalue weighted by Crippen LogP contribution is 2.24. The SMILES string of the molecule is CC(C)C[C@H](NC(=O)C1CCCN1C(=O)[C@@H](N)CCCN=C(N)N)C(=O)N[C@@H](CCCCN)C(=O)N1CCC[C@H]1C(=O)NC(Cc1c[nH]c2ccccc12)C(=O)O.O=C(O)C(F)(F)F. The van der Waals surface area contributed by atoms with Crippen molar-refractivity contribution < 1.29 is 56.9 Å². The number of hydrogen-bond acceptors (Lipinski definition) is 10. The number of fused-ring (bicyclic) bond motifs is 1. The van der Waals surface area contributed by atoms with Gasteiger partial charge in [-0.3, -0.25) is 29.0 Å². The number of alkyl halides is 3. The van der Waals surface area contributed by atoms with Gasteiger partial charge in [-0.25, -0.2) is 9.59 Å². The molecule has 2 aliphatic heterocycles. The first-order chi connectivity index (χ1) is 30.2. The van der Waals surface area contributed by atoms with E-state index in [2.05, 4.69) is 25.9 Å². The highest BCUT2D eigenvalue weighted by Gasteiger charge is 2.41. The van der Waals surface area contributed by atoms with Crippen LogP contribution >= 0.6 is 0 Å². The number of unbranched alkanes of at least 4 members (excludes halogenated alkanes) is 1. The molecule has 6 atom stereocenters. The van der Waals surface area contributed by atoms with E-state index in [1.54, 1.807) is 6.20 Å². The van der Waals surface area contributed by atoms with E-state index in [1.807, 2.05) is 38.1 Å². The zero-order chi connectivity index (χ0) is 47.7. The Kier molecular flexibility index (Phi) is 20.3. The quantitative estimate of drug-likeness (QED) is 0.0462. The van der Waals surface area contributed by atoms with E-state index in [4.69, 9.17) is 32.8 Å². The summed E-state index contributed by atoms with van der Waals surface area (Å²) in [5.74, 6) is -6.53. The van der Waals surface area contributed by atoms with Gasteiger partial charge in [0, 0.05) is 43.2 Å². The number of aromatic amines is 1. The van der Waals surface area contributed by atoms with Crippen LogP contribution < -0.4 is 38.9 Å². The van der Waals surface area contributed by atoms with Gasteiger partial charge in [-0.2, -0.15) is 13.2 Å². The molecule has 2 fully saturated rings. The van der Waals surface area contributed by atoms with Gasteiger partial charge < -0.3 is 63.9 Å². The van der Waals surface area contributed by atoms with E-state index in [1.165, 1.54) is 9.80 Å². The Morgan fingerprint density at radius 1 is 0.844 bits per heavy atom. The highest BCUT2D eigenvalue weighted by molar-refractivity contribution is 5.97. The molecule has 0 bridgehead atoms. The molecule has 14 N–H and O–H groups in total. The zero-order valence-electron chi connectivity index (χ0n) is 36.1. The van der Waals surface area contributed by atoms with Gasteiger partial charge in [-0.1, -0.05) is 32.0 Å². The second-order valence-corrected chi connectivity index (χ2v) is 16.2. The number of nitrogens with two attached hydrogens (primary N) is 4. The Bertz CT molecular complexity index is 1960. The van der Waals surface area contributed by atoms with Gasteiger partial charge in [0.2, 0.25) is 29.5 Å². The predicted molar refractivity (Wildman–Crippen MR) is 229 cm³/mol. The summed E-state index contributed by atoms with van der Waals surface area (Å²) in [6.07, 6.45) is 0.891.